The number of hydrogen-bond acceptors (Lipinski definition) is 4. The van der Waals surface area contributed by atoms with Gasteiger partial charge >= 0.3 is 0 Å². The highest BCUT2D eigenvalue weighted by Crippen LogP contribution is 2.22. The summed E-state index contributed by atoms with van der Waals surface area (Å²) in [6.07, 6.45) is 6.75. The third kappa shape index (κ3) is 2.85. The number of aromatic nitrogens is 3. The van der Waals surface area contributed by atoms with E-state index in [2.05, 4.69) is 14.5 Å². The second-order valence-electron chi connectivity index (χ2n) is 5.56. The van der Waals surface area contributed by atoms with Gasteiger partial charge in [-0.3, -0.25) is 4.79 Å². The van der Waals surface area contributed by atoms with Crippen molar-refractivity contribution in [3.05, 3.63) is 34.3 Å². The predicted molar refractivity (Wildman–Crippen MR) is 82.5 cm³/mol. The van der Waals surface area contributed by atoms with E-state index < -0.39 is 0 Å². The summed E-state index contributed by atoms with van der Waals surface area (Å²) in [5.74, 6) is 1.73. The van der Waals surface area contributed by atoms with Crippen LogP contribution in [-0.4, -0.2) is 38.9 Å². The smallest absolute Gasteiger partial charge is 0.265 e. The lowest BCUT2D eigenvalue weighted by Gasteiger charge is -2.27. The number of carbonyl (C=O) groups excluding carboxylic acids is 1. The van der Waals surface area contributed by atoms with Crippen LogP contribution in [0.5, 0.6) is 0 Å². The van der Waals surface area contributed by atoms with Gasteiger partial charge in [0.15, 0.2) is 0 Å². The van der Waals surface area contributed by atoms with Crippen LogP contribution < -0.4 is 0 Å². The van der Waals surface area contributed by atoms with Crippen molar-refractivity contribution < 1.29 is 4.79 Å². The number of hydrogen-bond donors (Lipinski definition) is 0. The van der Waals surface area contributed by atoms with Crippen LogP contribution in [0.1, 0.15) is 34.5 Å². The van der Waals surface area contributed by atoms with Crippen LogP contribution in [0.25, 0.3) is 0 Å². The third-order valence-electron chi connectivity index (χ3n) is 4.10. The maximum Gasteiger partial charge on any atom is 0.265 e. The third-order valence-corrected chi connectivity index (χ3v) is 4.96. The molecule has 0 saturated carbocycles. The van der Waals surface area contributed by atoms with Crippen molar-refractivity contribution in [3.8, 4) is 0 Å². The SMILES string of the molecule is CCc1ncsc1C(=O)N(C)CC1CCn2ccnc2C1. The maximum atomic E-state index is 12.5. The Balaban J connectivity index is 1.64. The first-order valence-electron chi connectivity index (χ1n) is 7.36. The van der Waals surface area contributed by atoms with Gasteiger partial charge in [-0.05, 0) is 18.8 Å². The standard InChI is InChI=1S/C15H20N4OS/c1-3-12-14(21-10-17-12)15(20)18(2)9-11-4-6-19-7-5-16-13(19)8-11/h5,7,10-11H,3-4,6,8-9H2,1-2H3. The van der Waals surface area contributed by atoms with Gasteiger partial charge < -0.3 is 9.47 Å². The van der Waals surface area contributed by atoms with E-state index in [1.54, 1.807) is 5.51 Å². The van der Waals surface area contributed by atoms with E-state index in [9.17, 15) is 4.79 Å². The number of nitrogens with zero attached hydrogens (tertiary/aromatic N) is 4. The summed E-state index contributed by atoms with van der Waals surface area (Å²) < 4.78 is 2.21. The van der Waals surface area contributed by atoms with Crippen LogP contribution in [0.2, 0.25) is 0 Å². The molecule has 2 aromatic rings. The molecule has 1 unspecified atom stereocenters. The van der Waals surface area contributed by atoms with E-state index in [0.717, 1.165) is 48.7 Å². The van der Waals surface area contributed by atoms with Crippen LogP contribution in [0.4, 0.5) is 0 Å². The Kier molecular flexibility index (Phi) is 4.05. The van der Waals surface area contributed by atoms with Crippen LogP contribution in [0.3, 0.4) is 0 Å². The van der Waals surface area contributed by atoms with Crippen molar-refractivity contribution in [2.45, 2.75) is 32.7 Å². The second-order valence-corrected chi connectivity index (χ2v) is 6.42. The molecule has 1 atom stereocenters. The van der Waals surface area contributed by atoms with Gasteiger partial charge in [0, 0.05) is 39.0 Å². The molecule has 0 fully saturated rings. The Morgan fingerprint density at radius 3 is 3.19 bits per heavy atom. The van der Waals surface area contributed by atoms with E-state index in [-0.39, 0.29) is 5.91 Å². The Labute approximate surface area is 128 Å². The number of thiazole rings is 1. The molecule has 0 N–H and O–H groups in total. The minimum atomic E-state index is 0.100. The minimum Gasteiger partial charge on any atom is -0.341 e. The molecular weight excluding hydrogens is 284 g/mol. The summed E-state index contributed by atoms with van der Waals surface area (Å²) in [6, 6.07) is 0. The van der Waals surface area contributed by atoms with Crippen LogP contribution in [0, 0.1) is 5.92 Å². The molecule has 2 aromatic heterocycles. The summed E-state index contributed by atoms with van der Waals surface area (Å²) in [6.45, 7) is 3.82. The van der Waals surface area contributed by atoms with Crippen LogP contribution >= 0.6 is 11.3 Å². The number of rotatable bonds is 4. The lowest BCUT2D eigenvalue weighted by Crippen LogP contribution is -2.35. The van der Waals surface area contributed by atoms with Gasteiger partial charge in [0.25, 0.3) is 5.91 Å². The van der Waals surface area contributed by atoms with Crippen molar-refractivity contribution in [1.29, 1.82) is 0 Å². The molecule has 6 heteroatoms. The molecule has 1 aliphatic heterocycles. The Bertz CT molecular complexity index is 633. The van der Waals surface area contributed by atoms with Crippen LogP contribution in [-0.2, 0) is 19.4 Å². The summed E-state index contributed by atoms with van der Waals surface area (Å²) >= 11 is 1.44. The highest BCUT2D eigenvalue weighted by molar-refractivity contribution is 7.11. The molecule has 5 nitrogen and oxygen atoms in total. The summed E-state index contributed by atoms with van der Waals surface area (Å²) in [4.78, 5) is 23.8. The zero-order valence-electron chi connectivity index (χ0n) is 12.5. The summed E-state index contributed by atoms with van der Waals surface area (Å²) in [5.41, 5.74) is 2.67. The topological polar surface area (TPSA) is 51.0 Å². The van der Waals surface area contributed by atoms with Crippen LogP contribution in [0.15, 0.2) is 17.9 Å². The molecule has 3 heterocycles. The zero-order valence-corrected chi connectivity index (χ0v) is 13.3. The highest BCUT2D eigenvalue weighted by Gasteiger charge is 2.24. The van der Waals surface area contributed by atoms with E-state index in [1.807, 2.05) is 31.3 Å². The molecule has 0 bridgehead atoms. The summed E-state index contributed by atoms with van der Waals surface area (Å²) in [7, 11) is 1.89. The molecule has 3 rings (SSSR count). The fraction of sp³-hybridized carbons (Fsp3) is 0.533. The first kappa shape index (κ1) is 14.3. The number of carbonyl (C=O) groups is 1. The average Bonchev–Trinajstić information content (AvgIpc) is 3.14. The van der Waals surface area contributed by atoms with Crippen molar-refractivity contribution in [3.63, 3.8) is 0 Å². The fourth-order valence-electron chi connectivity index (χ4n) is 2.91. The molecule has 0 aromatic carbocycles. The average molecular weight is 304 g/mol. The van der Waals surface area contributed by atoms with Gasteiger partial charge in [0.2, 0.25) is 0 Å². The molecule has 112 valence electrons. The van der Waals surface area contributed by atoms with E-state index in [1.165, 1.54) is 11.3 Å². The van der Waals surface area contributed by atoms with Gasteiger partial charge in [0.05, 0.1) is 11.2 Å². The van der Waals surface area contributed by atoms with E-state index in [0.29, 0.717) is 5.92 Å². The Morgan fingerprint density at radius 2 is 2.38 bits per heavy atom. The van der Waals surface area contributed by atoms with Gasteiger partial charge in [-0.15, -0.1) is 11.3 Å². The van der Waals surface area contributed by atoms with Crippen molar-refractivity contribution in [2.75, 3.05) is 13.6 Å². The van der Waals surface area contributed by atoms with E-state index >= 15 is 0 Å². The molecule has 0 radical (unpaired) electrons. The second kappa shape index (κ2) is 5.97. The number of imidazole rings is 1. The lowest BCUT2D eigenvalue weighted by molar-refractivity contribution is 0.0767. The fourth-order valence-corrected chi connectivity index (χ4v) is 3.79. The number of amides is 1. The largest absolute Gasteiger partial charge is 0.341 e. The number of aryl methyl sites for hydroxylation is 2. The van der Waals surface area contributed by atoms with Gasteiger partial charge in [-0.25, -0.2) is 9.97 Å². The van der Waals surface area contributed by atoms with Crippen molar-refractivity contribution >= 4 is 17.2 Å². The number of fused-ring (bicyclic) bond motifs is 1. The molecule has 21 heavy (non-hydrogen) atoms. The van der Waals surface area contributed by atoms with Crippen molar-refractivity contribution in [2.24, 2.45) is 5.92 Å². The lowest BCUT2D eigenvalue weighted by atomic mass is 9.97. The monoisotopic (exact) mass is 304 g/mol. The first-order chi connectivity index (χ1) is 10.2. The van der Waals surface area contributed by atoms with Gasteiger partial charge in [-0.1, -0.05) is 6.92 Å². The maximum absolute atomic E-state index is 12.5. The van der Waals surface area contributed by atoms with E-state index in [4.69, 9.17) is 0 Å². The molecule has 0 saturated heterocycles. The Hall–Kier alpha value is -1.69. The zero-order chi connectivity index (χ0) is 14.8. The molecule has 0 spiro atoms. The predicted octanol–water partition coefficient (Wildman–Crippen LogP) is 2.24. The Morgan fingerprint density at radius 1 is 1.52 bits per heavy atom. The highest BCUT2D eigenvalue weighted by atomic mass is 32.1. The first-order valence-corrected chi connectivity index (χ1v) is 8.24. The molecular formula is C15H20N4OS. The molecule has 0 aliphatic carbocycles. The molecule has 1 aliphatic rings. The van der Waals surface area contributed by atoms with Crippen molar-refractivity contribution in [1.82, 2.24) is 19.4 Å². The van der Waals surface area contributed by atoms with Gasteiger partial charge in [0.1, 0.15) is 10.7 Å². The normalized spacial score (nSPS) is 17.5. The van der Waals surface area contributed by atoms with Gasteiger partial charge in [-0.2, -0.15) is 0 Å². The minimum absolute atomic E-state index is 0.100. The quantitative estimate of drug-likeness (QED) is 0.870. The summed E-state index contributed by atoms with van der Waals surface area (Å²) in [5, 5.41) is 0. The molecule has 1 amide bonds.